The molecule has 0 saturated carbocycles. The van der Waals surface area contributed by atoms with E-state index in [-0.39, 0.29) is 12.3 Å². The van der Waals surface area contributed by atoms with Gasteiger partial charge in [-0.3, -0.25) is 9.69 Å². The highest BCUT2D eigenvalue weighted by Crippen LogP contribution is 2.27. The molecule has 1 aliphatic heterocycles. The minimum absolute atomic E-state index is 0.0117. The number of furan rings is 1. The fraction of sp³-hybridized carbons (Fsp3) is 0.471. The van der Waals surface area contributed by atoms with Gasteiger partial charge in [0.1, 0.15) is 11.3 Å². The molecule has 5 nitrogen and oxygen atoms in total. The van der Waals surface area contributed by atoms with Crippen molar-refractivity contribution in [3.8, 4) is 0 Å². The first-order valence-corrected chi connectivity index (χ1v) is 7.69. The van der Waals surface area contributed by atoms with E-state index in [4.69, 9.17) is 9.52 Å². The molecule has 2 aromatic rings. The average Bonchev–Trinajstić information content (AvgIpc) is 3.01. The number of nitrogens with zero attached hydrogens (tertiary/aromatic N) is 1. The normalized spacial score (nSPS) is 22.5. The number of carbonyl (C=O) groups is 1. The second kappa shape index (κ2) is 6.10. The number of hydrogen-bond donors (Lipinski definition) is 2. The van der Waals surface area contributed by atoms with E-state index in [1.54, 1.807) is 0 Å². The van der Waals surface area contributed by atoms with Crippen LogP contribution in [0.2, 0.25) is 0 Å². The highest BCUT2D eigenvalue weighted by atomic mass is 16.4. The van der Waals surface area contributed by atoms with Crippen LogP contribution in [0.1, 0.15) is 24.7 Å². The number of aliphatic carboxylic acids is 1. The van der Waals surface area contributed by atoms with Crippen molar-refractivity contribution in [3.63, 3.8) is 0 Å². The second-order valence-electron chi connectivity index (χ2n) is 6.02. The van der Waals surface area contributed by atoms with Crippen molar-refractivity contribution >= 4 is 16.9 Å². The van der Waals surface area contributed by atoms with E-state index in [1.165, 1.54) is 5.56 Å². The first-order valence-electron chi connectivity index (χ1n) is 7.69. The predicted octanol–water partition coefficient (Wildman–Crippen LogP) is 2.26. The van der Waals surface area contributed by atoms with Crippen molar-refractivity contribution < 1.29 is 19.4 Å². The minimum Gasteiger partial charge on any atom is -0.481 e. The summed E-state index contributed by atoms with van der Waals surface area (Å²) in [4.78, 5) is 12.9. The molecule has 0 spiro atoms. The van der Waals surface area contributed by atoms with Crippen LogP contribution >= 0.6 is 0 Å². The van der Waals surface area contributed by atoms with E-state index in [0.29, 0.717) is 19.6 Å². The summed E-state index contributed by atoms with van der Waals surface area (Å²) < 4.78 is 5.96. The van der Waals surface area contributed by atoms with Gasteiger partial charge < -0.3 is 14.6 Å². The lowest BCUT2D eigenvalue weighted by molar-refractivity contribution is -0.138. The van der Waals surface area contributed by atoms with Crippen molar-refractivity contribution in [2.45, 2.75) is 32.4 Å². The van der Waals surface area contributed by atoms with Gasteiger partial charge in [0.05, 0.1) is 19.1 Å². The molecule has 1 fully saturated rings. The van der Waals surface area contributed by atoms with Crippen LogP contribution in [0.15, 0.2) is 28.7 Å². The van der Waals surface area contributed by atoms with Crippen LogP contribution in [0.25, 0.3) is 11.0 Å². The van der Waals surface area contributed by atoms with Crippen molar-refractivity contribution in [1.82, 2.24) is 4.90 Å². The van der Waals surface area contributed by atoms with Gasteiger partial charge in [0.2, 0.25) is 0 Å². The Kier molecular flexibility index (Phi) is 4.18. The van der Waals surface area contributed by atoms with E-state index < -0.39 is 12.1 Å². The molecule has 22 heavy (non-hydrogen) atoms. The number of para-hydroxylation sites is 1. The Balaban J connectivity index is 1.73. The third kappa shape index (κ3) is 3.00. The Morgan fingerprint density at radius 1 is 1.41 bits per heavy atom. The van der Waals surface area contributed by atoms with Gasteiger partial charge in [-0.2, -0.15) is 0 Å². The summed E-state index contributed by atoms with van der Waals surface area (Å²) in [6.07, 6.45) is 0.359. The number of benzene rings is 1. The van der Waals surface area contributed by atoms with E-state index in [0.717, 1.165) is 23.2 Å². The molecule has 2 heterocycles. The Hall–Kier alpha value is -1.85. The Labute approximate surface area is 129 Å². The van der Waals surface area contributed by atoms with E-state index in [1.807, 2.05) is 18.2 Å². The summed E-state index contributed by atoms with van der Waals surface area (Å²) in [7, 11) is 0. The maximum atomic E-state index is 10.8. The maximum absolute atomic E-state index is 10.8. The smallest absolute Gasteiger partial charge is 0.303 e. The lowest BCUT2D eigenvalue weighted by Gasteiger charge is -2.12. The second-order valence-corrected chi connectivity index (χ2v) is 6.02. The topological polar surface area (TPSA) is 73.9 Å². The summed E-state index contributed by atoms with van der Waals surface area (Å²) >= 11 is 0. The first-order chi connectivity index (χ1) is 10.6. The molecule has 0 amide bonds. The zero-order valence-electron chi connectivity index (χ0n) is 12.7. The molecule has 0 unspecified atom stereocenters. The third-order valence-electron chi connectivity index (χ3n) is 4.36. The number of rotatable bonds is 5. The van der Waals surface area contributed by atoms with Crippen molar-refractivity contribution in [2.24, 2.45) is 5.92 Å². The molecule has 1 aromatic heterocycles. The van der Waals surface area contributed by atoms with Crippen molar-refractivity contribution in [2.75, 3.05) is 13.1 Å². The first kappa shape index (κ1) is 15.1. The van der Waals surface area contributed by atoms with Gasteiger partial charge in [0.15, 0.2) is 0 Å². The molecule has 118 valence electrons. The van der Waals surface area contributed by atoms with E-state index in [2.05, 4.69) is 17.9 Å². The van der Waals surface area contributed by atoms with Crippen LogP contribution in [0.4, 0.5) is 0 Å². The number of likely N-dealkylation sites (tertiary alicyclic amines) is 1. The summed E-state index contributed by atoms with van der Waals surface area (Å²) in [5, 5.41) is 19.9. The molecule has 1 aromatic carbocycles. The molecule has 1 aliphatic rings. The molecular weight excluding hydrogens is 282 g/mol. The largest absolute Gasteiger partial charge is 0.481 e. The monoisotopic (exact) mass is 303 g/mol. The molecule has 2 atom stereocenters. The molecular formula is C17H21NO4. The van der Waals surface area contributed by atoms with E-state index >= 15 is 0 Å². The van der Waals surface area contributed by atoms with Gasteiger partial charge in [0.25, 0.3) is 0 Å². The molecule has 5 heteroatoms. The number of carboxylic acids is 1. The lowest BCUT2D eigenvalue weighted by atomic mass is 10.0. The van der Waals surface area contributed by atoms with Gasteiger partial charge in [-0.25, -0.2) is 0 Å². The predicted molar refractivity (Wildman–Crippen MR) is 82.6 cm³/mol. The fourth-order valence-electron chi connectivity index (χ4n) is 3.25. The van der Waals surface area contributed by atoms with Gasteiger partial charge >= 0.3 is 5.97 Å². The SMILES string of the molecule is CCc1cccc2cc(CN3C[C@@H](CC(=O)O)[C@H](O)C3)oc12. The fourth-order valence-corrected chi connectivity index (χ4v) is 3.25. The number of fused-ring (bicyclic) bond motifs is 1. The van der Waals surface area contributed by atoms with Crippen LogP contribution in [-0.2, 0) is 17.8 Å². The Bertz CT molecular complexity index is 678. The highest BCUT2D eigenvalue weighted by Gasteiger charge is 2.33. The molecule has 1 saturated heterocycles. The van der Waals surface area contributed by atoms with Crippen LogP contribution in [-0.4, -0.2) is 40.3 Å². The number of β-amino-alcohol motifs (C(OH)–C–C–N with tert-alkyl or cyclic N) is 1. The Morgan fingerprint density at radius 2 is 2.23 bits per heavy atom. The highest BCUT2D eigenvalue weighted by molar-refractivity contribution is 5.81. The number of aryl methyl sites for hydroxylation is 1. The zero-order chi connectivity index (χ0) is 15.7. The number of aliphatic hydroxyl groups excluding tert-OH is 1. The quantitative estimate of drug-likeness (QED) is 0.886. The van der Waals surface area contributed by atoms with Crippen molar-refractivity contribution in [1.29, 1.82) is 0 Å². The lowest BCUT2D eigenvalue weighted by Crippen LogP contribution is -2.21. The van der Waals surface area contributed by atoms with Gasteiger partial charge in [-0.05, 0) is 18.1 Å². The number of carboxylic acid groups (broad SMARTS) is 1. The zero-order valence-corrected chi connectivity index (χ0v) is 12.7. The Morgan fingerprint density at radius 3 is 2.95 bits per heavy atom. The van der Waals surface area contributed by atoms with E-state index in [9.17, 15) is 9.90 Å². The number of hydrogen-bond acceptors (Lipinski definition) is 4. The molecule has 0 aliphatic carbocycles. The molecule has 3 rings (SSSR count). The summed E-state index contributed by atoms with van der Waals surface area (Å²) in [6.45, 7) is 3.79. The molecule has 2 N–H and O–H groups in total. The maximum Gasteiger partial charge on any atom is 0.303 e. The standard InChI is InChI=1S/C17H21NO4/c1-2-11-4-3-5-12-6-14(22-17(11)12)9-18-8-13(7-16(20)21)15(19)10-18/h3-6,13,15,19H,2,7-10H2,1H3,(H,20,21)/t13-,15-/m1/s1. The van der Waals surface area contributed by atoms with Crippen LogP contribution in [0.3, 0.4) is 0 Å². The summed E-state index contributed by atoms with van der Waals surface area (Å²) in [5.41, 5.74) is 2.12. The molecule has 0 radical (unpaired) electrons. The summed E-state index contributed by atoms with van der Waals surface area (Å²) in [6, 6.07) is 8.17. The van der Waals surface area contributed by atoms with Gasteiger partial charge in [-0.1, -0.05) is 25.1 Å². The molecule has 0 bridgehead atoms. The van der Waals surface area contributed by atoms with Crippen LogP contribution in [0.5, 0.6) is 0 Å². The van der Waals surface area contributed by atoms with Crippen LogP contribution in [0, 0.1) is 5.92 Å². The van der Waals surface area contributed by atoms with Crippen molar-refractivity contribution in [3.05, 3.63) is 35.6 Å². The van der Waals surface area contributed by atoms with Gasteiger partial charge in [-0.15, -0.1) is 0 Å². The minimum atomic E-state index is -0.859. The number of aliphatic hydroxyl groups is 1. The van der Waals surface area contributed by atoms with Crippen LogP contribution < -0.4 is 0 Å². The van der Waals surface area contributed by atoms with Gasteiger partial charge in [0, 0.05) is 24.4 Å². The average molecular weight is 303 g/mol. The third-order valence-corrected chi connectivity index (χ3v) is 4.36. The summed E-state index contributed by atoms with van der Waals surface area (Å²) in [5.74, 6) is -0.200.